The maximum atomic E-state index is 12.0. The fourth-order valence-electron chi connectivity index (χ4n) is 3.17. The Morgan fingerprint density at radius 2 is 1.79 bits per heavy atom. The molecule has 0 unspecified atom stereocenters. The van der Waals surface area contributed by atoms with Gasteiger partial charge >= 0.3 is 18.1 Å². The van der Waals surface area contributed by atoms with Crippen LogP contribution in [0, 0.1) is 0 Å². The molecule has 1 aromatic carbocycles. The summed E-state index contributed by atoms with van der Waals surface area (Å²) in [6, 6.07) is 9.06. The number of hydrogen-bond donors (Lipinski definition) is 3. The first kappa shape index (κ1) is 26.3. The van der Waals surface area contributed by atoms with Gasteiger partial charge in [0.1, 0.15) is 12.4 Å². The molecule has 0 saturated heterocycles. The fourth-order valence-corrected chi connectivity index (χ4v) is 3.17. The number of halogens is 1. The molecule has 0 radical (unpaired) electrons. The summed E-state index contributed by atoms with van der Waals surface area (Å²) in [7, 11) is 1.27. The van der Waals surface area contributed by atoms with Gasteiger partial charge in [0.15, 0.2) is 0 Å². The average molecular weight is 488 g/mol. The monoisotopic (exact) mass is 487 g/mol. The Kier molecular flexibility index (Phi) is 10.0. The molecule has 0 bridgehead atoms. The van der Waals surface area contributed by atoms with Crippen molar-refractivity contribution >= 4 is 47.1 Å². The van der Waals surface area contributed by atoms with E-state index in [4.69, 9.17) is 4.74 Å². The smallest absolute Gasteiger partial charge is 0.407 e. The molecule has 2 aromatic heterocycles. The number of rotatable bonds is 8. The van der Waals surface area contributed by atoms with Crippen LogP contribution in [0.4, 0.5) is 15.4 Å². The van der Waals surface area contributed by atoms with Crippen LogP contribution in [0.5, 0.6) is 0 Å². The first-order chi connectivity index (χ1) is 16.0. The van der Waals surface area contributed by atoms with Crippen molar-refractivity contribution in [1.82, 2.24) is 20.6 Å². The Balaban J connectivity index is 0.00000408. The van der Waals surface area contributed by atoms with Crippen molar-refractivity contribution in [3.63, 3.8) is 0 Å². The number of pyridine rings is 2. The lowest BCUT2D eigenvalue weighted by Gasteiger charge is -2.14. The molecule has 0 atom stereocenters. The zero-order valence-electron chi connectivity index (χ0n) is 18.8. The lowest BCUT2D eigenvalue weighted by Crippen LogP contribution is -2.28. The molecule has 3 aromatic rings. The molecule has 3 N–H and O–H groups in total. The Labute approximate surface area is 202 Å². The predicted molar refractivity (Wildman–Crippen MR) is 130 cm³/mol. The third kappa shape index (κ3) is 7.04. The Bertz CT molecular complexity index is 1140. The van der Waals surface area contributed by atoms with Crippen LogP contribution in [0.25, 0.3) is 21.9 Å². The first-order valence-corrected chi connectivity index (χ1v) is 10.4. The number of benzene rings is 1. The molecule has 34 heavy (non-hydrogen) atoms. The predicted octanol–water partition coefficient (Wildman–Crippen LogP) is 3.65. The van der Waals surface area contributed by atoms with Crippen molar-refractivity contribution in [2.24, 2.45) is 0 Å². The van der Waals surface area contributed by atoms with Gasteiger partial charge in [-0.2, -0.15) is 0 Å². The summed E-state index contributed by atoms with van der Waals surface area (Å²) in [5.74, 6) is -0.0558. The molecule has 0 aliphatic carbocycles. The number of hydrogen-bond acceptors (Lipinski definition) is 7. The molecule has 3 amide bonds. The largest absolute Gasteiger partial charge is 0.469 e. The number of urea groups is 1. The van der Waals surface area contributed by atoms with Gasteiger partial charge in [-0.25, -0.2) is 14.6 Å². The number of ether oxygens (including phenoxy) is 2. The maximum Gasteiger partial charge on any atom is 0.407 e. The summed E-state index contributed by atoms with van der Waals surface area (Å²) < 4.78 is 9.51. The highest BCUT2D eigenvalue weighted by Crippen LogP contribution is 2.31. The van der Waals surface area contributed by atoms with E-state index in [9.17, 15) is 14.4 Å². The molecule has 0 saturated carbocycles. The van der Waals surface area contributed by atoms with E-state index >= 15 is 0 Å². The van der Waals surface area contributed by atoms with Gasteiger partial charge in [-0.3, -0.25) is 15.1 Å². The minimum absolute atomic E-state index is 0. The van der Waals surface area contributed by atoms with Crippen molar-refractivity contribution in [2.45, 2.75) is 19.9 Å². The van der Waals surface area contributed by atoms with Gasteiger partial charge < -0.3 is 20.1 Å². The molecule has 0 aliphatic heterocycles. The minimum atomic E-state index is -0.646. The van der Waals surface area contributed by atoms with Crippen molar-refractivity contribution in [1.29, 1.82) is 0 Å². The third-order valence-corrected chi connectivity index (χ3v) is 4.75. The molecular formula is C23H26ClN5O5. The van der Waals surface area contributed by atoms with Gasteiger partial charge in [-0.1, -0.05) is 12.1 Å². The summed E-state index contributed by atoms with van der Waals surface area (Å²) in [6.45, 7) is 2.44. The molecule has 11 heteroatoms. The van der Waals surface area contributed by atoms with E-state index < -0.39 is 12.1 Å². The molecular weight excluding hydrogens is 462 g/mol. The van der Waals surface area contributed by atoms with E-state index in [0.29, 0.717) is 12.4 Å². The third-order valence-electron chi connectivity index (χ3n) is 4.75. The molecule has 2 heterocycles. The summed E-state index contributed by atoms with van der Waals surface area (Å²) >= 11 is 0. The van der Waals surface area contributed by atoms with Crippen LogP contribution in [-0.2, 0) is 20.8 Å². The number of nitrogens with one attached hydrogen (secondary N) is 3. The number of carbonyl (C=O) groups excluding carboxylic acids is 3. The van der Waals surface area contributed by atoms with Gasteiger partial charge in [0, 0.05) is 37.1 Å². The quantitative estimate of drug-likeness (QED) is 0.413. The van der Waals surface area contributed by atoms with E-state index in [1.54, 1.807) is 24.7 Å². The second-order valence-corrected chi connectivity index (χ2v) is 6.92. The molecule has 0 fully saturated rings. The van der Waals surface area contributed by atoms with Crippen LogP contribution in [0.1, 0.15) is 18.9 Å². The van der Waals surface area contributed by atoms with Gasteiger partial charge in [0.05, 0.1) is 13.5 Å². The maximum absolute atomic E-state index is 12.0. The fraction of sp³-hybridized carbons (Fsp3) is 0.261. The van der Waals surface area contributed by atoms with Gasteiger partial charge in [0.2, 0.25) is 0 Å². The standard InChI is InChI=1S/C23H25N5O5.ClH/c1-3-25-22(30)28-20-12-18-17(15-6-9-24-10-7-15)5-4-16(19(18)14-26-20)13-27-23(31)33-11-8-21(29)32-2;/h4-7,9-10,12,14H,3,8,11,13H2,1-2H3,(H,27,31)(H2,25,26,28,30);1H. The van der Waals surface area contributed by atoms with Crippen molar-refractivity contribution in [2.75, 3.05) is 25.6 Å². The van der Waals surface area contributed by atoms with Crippen LogP contribution in [0.2, 0.25) is 0 Å². The van der Waals surface area contributed by atoms with Crippen LogP contribution >= 0.6 is 12.4 Å². The van der Waals surface area contributed by atoms with Crippen molar-refractivity contribution < 1.29 is 23.9 Å². The number of fused-ring (bicyclic) bond motifs is 1. The second kappa shape index (κ2) is 12.9. The van der Waals surface area contributed by atoms with Crippen LogP contribution in [-0.4, -0.2) is 48.3 Å². The topological polar surface area (TPSA) is 132 Å². The second-order valence-electron chi connectivity index (χ2n) is 6.92. The average Bonchev–Trinajstić information content (AvgIpc) is 2.83. The van der Waals surface area contributed by atoms with Crippen LogP contribution < -0.4 is 16.0 Å². The highest BCUT2D eigenvalue weighted by molar-refractivity contribution is 6.00. The summed E-state index contributed by atoms with van der Waals surface area (Å²) in [6.07, 6.45) is 4.40. The Hall–Kier alpha value is -3.92. The lowest BCUT2D eigenvalue weighted by molar-refractivity contribution is -0.141. The Morgan fingerprint density at radius 1 is 1.03 bits per heavy atom. The molecule has 0 spiro atoms. The number of amides is 3. The number of esters is 1. The van der Waals surface area contributed by atoms with E-state index in [1.165, 1.54) is 7.11 Å². The van der Waals surface area contributed by atoms with Gasteiger partial charge in [0.25, 0.3) is 0 Å². The highest BCUT2D eigenvalue weighted by Gasteiger charge is 2.12. The summed E-state index contributed by atoms with van der Waals surface area (Å²) in [4.78, 5) is 43.5. The van der Waals surface area contributed by atoms with Gasteiger partial charge in [-0.15, -0.1) is 12.4 Å². The normalized spacial score (nSPS) is 10.1. The van der Waals surface area contributed by atoms with Gasteiger partial charge in [-0.05, 0) is 47.2 Å². The number of carbonyl (C=O) groups is 3. The van der Waals surface area contributed by atoms with E-state index in [1.807, 2.05) is 31.2 Å². The molecule has 180 valence electrons. The van der Waals surface area contributed by atoms with E-state index in [-0.39, 0.29) is 38.0 Å². The van der Waals surface area contributed by atoms with Crippen molar-refractivity contribution in [3.8, 4) is 11.1 Å². The van der Waals surface area contributed by atoms with Crippen LogP contribution in [0.3, 0.4) is 0 Å². The molecule has 3 rings (SSSR count). The number of methoxy groups -OCH3 is 1. The highest BCUT2D eigenvalue weighted by atomic mass is 35.5. The van der Waals surface area contributed by atoms with Crippen LogP contribution in [0.15, 0.2) is 48.9 Å². The molecule has 10 nitrogen and oxygen atoms in total. The number of aromatic nitrogens is 2. The number of anilines is 1. The summed E-state index contributed by atoms with van der Waals surface area (Å²) in [5.41, 5.74) is 2.69. The lowest BCUT2D eigenvalue weighted by atomic mass is 9.96. The number of alkyl carbamates (subject to hydrolysis) is 1. The zero-order valence-corrected chi connectivity index (χ0v) is 19.6. The summed E-state index contributed by atoms with van der Waals surface area (Å²) in [5, 5.41) is 9.72. The number of nitrogens with zero attached hydrogens (tertiary/aromatic N) is 2. The SMILES string of the molecule is CCNC(=O)Nc1cc2c(-c3ccncc3)ccc(CNC(=O)OCCC(=O)OC)c2cn1.Cl. The van der Waals surface area contributed by atoms with Crippen molar-refractivity contribution in [3.05, 3.63) is 54.5 Å². The Morgan fingerprint density at radius 3 is 2.50 bits per heavy atom. The van der Waals surface area contributed by atoms with E-state index in [2.05, 4.69) is 30.7 Å². The van der Waals surface area contributed by atoms with E-state index in [0.717, 1.165) is 27.5 Å². The molecule has 0 aliphatic rings. The zero-order chi connectivity index (χ0) is 23.6. The minimum Gasteiger partial charge on any atom is -0.469 e. The first-order valence-electron chi connectivity index (χ1n) is 10.4.